The number of ether oxygens (including phenoxy) is 3. The van der Waals surface area contributed by atoms with E-state index in [9.17, 15) is 0 Å². The average molecular weight is 1080 g/mol. The van der Waals surface area contributed by atoms with Crippen LogP contribution in [0.2, 0.25) is 0 Å². The maximum Gasteiger partial charge on any atom is 0.244 e. The van der Waals surface area contributed by atoms with Crippen molar-refractivity contribution in [3.05, 3.63) is 248 Å². The highest BCUT2D eigenvalue weighted by Crippen LogP contribution is 2.55. The molecule has 18 rings (SSSR count). The molecule has 4 heterocycles. The predicted octanol–water partition coefficient (Wildman–Crippen LogP) is 15.9. The minimum Gasteiger partial charge on any atom is -0.497 e. The van der Waals surface area contributed by atoms with Crippen molar-refractivity contribution in [2.75, 3.05) is 21.3 Å². The highest BCUT2D eigenvalue weighted by Gasteiger charge is 2.46. The number of rotatable bonds is 9. The summed E-state index contributed by atoms with van der Waals surface area (Å²) < 4.78 is 18.8. The van der Waals surface area contributed by atoms with Crippen molar-refractivity contribution >= 4 is 78.5 Å². The zero-order valence-corrected chi connectivity index (χ0v) is 47.5. The summed E-state index contributed by atoms with van der Waals surface area (Å²) in [6.07, 6.45) is 0. The molecule has 0 fully saturated rings. The normalized spacial score (nSPS) is 12.7. The molecular weight excluding hydrogens is 1030 g/mol. The minimum atomic E-state index is -0.0754. The van der Waals surface area contributed by atoms with E-state index in [0.717, 1.165) is 17.2 Å². The topological polar surface area (TPSA) is 27.7 Å². The van der Waals surface area contributed by atoms with Gasteiger partial charge in [-0.3, -0.25) is 0 Å². The van der Waals surface area contributed by atoms with Gasteiger partial charge in [-0.1, -0.05) is 232 Å². The molecule has 0 amide bonds. The van der Waals surface area contributed by atoms with Crippen LogP contribution in [-0.2, 0) is 0 Å². The summed E-state index contributed by atoms with van der Waals surface area (Å²) in [4.78, 5) is 0. The third-order valence-electron chi connectivity index (χ3n) is 19.4. The molecule has 0 spiro atoms. The summed E-state index contributed by atoms with van der Waals surface area (Å²) in [6, 6.07) is 91.5. The van der Waals surface area contributed by atoms with Crippen LogP contribution in [-0.4, -0.2) is 34.8 Å². The first-order chi connectivity index (χ1) is 42.0. The fourth-order valence-corrected chi connectivity index (χ4v) is 15.9. The molecule has 85 heavy (non-hydrogen) atoms. The molecule has 14 aromatic carbocycles. The van der Waals surface area contributed by atoms with Gasteiger partial charge < -0.3 is 14.2 Å². The monoisotopic (exact) mass is 1080 g/mol. The third kappa shape index (κ3) is 6.69. The van der Waals surface area contributed by atoms with Crippen LogP contribution in [0.3, 0.4) is 0 Å². The van der Waals surface area contributed by atoms with Crippen molar-refractivity contribution in [2.45, 2.75) is 6.92 Å². The van der Waals surface area contributed by atoms with Gasteiger partial charge in [-0.25, -0.2) is 0 Å². The highest BCUT2D eigenvalue weighted by molar-refractivity contribution is 7.03. The summed E-state index contributed by atoms with van der Waals surface area (Å²) >= 11 is 0. The Labute approximate surface area is 494 Å². The molecule has 0 bridgehead atoms. The molecule has 4 aliphatic rings. The molecule has 0 atom stereocenters. The number of hydrogen-bond donors (Lipinski definition) is 0. The van der Waals surface area contributed by atoms with Gasteiger partial charge in [-0.15, -0.1) is 0 Å². The van der Waals surface area contributed by atoms with Crippen LogP contribution in [0.4, 0.5) is 0 Å². The number of hydrogen-bond acceptors (Lipinski definition) is 3. The molecule has 396 valence electrons. The second-order valence-corrected chi connectivity index (χ2v) is 23.6. The van der Waals surface area contributed by atoms with Crippen LogP contribution < -0.4 is 47.0 Å². The van der Waals surface area contributed by atoms with Crippen molar-refractivity contribution in [3.8, 4) is 129 Å². The Balaban J connectivity index is 1.11. The zero-order chi connectivity index (χ0) is 56.3. The van der Waals surface area contributed by atoms with Gasteiger partial charge in [-0.2, -0.15) is 0 Å². The maximum absolute atomic E-state index is 6.37. The second-order valence-electron chi connectivity index (χ2n) is 23.6. The van der Waals surface area contributed by atoms with Gasteiger partial charge in [0.25, 0.3) is 0 Å². The van der Waals surface area contributed by atoms with Gasteiger partial charge in [0.1, 0.15) is 17.2 Å². The van der Waals surface area contributed by atoms with Gasteiger partial charge in [0.2, 0.25) is 13.4 Å². The van der Waals surface area contributed by atoms with Crippen molar-refractivity contribution in [3.63, 3.8) is 0 Å². The third-order valence-corrected chi connectivity index (χ3v) is 19.4. The maximum atomic E-state index is 6.37. The van der Waals surface area contributed by atoms with E-state index >= 15 is 0 Å². The molecular formula is C80H52B2O3. The molecule has 0 saturated carbocycles. The quantitative estimate of drug-likeness (QED) is 0.106. The van der Waals surface area contributed by atoms with E-state index in [0.29, 0.717) is 0 Å². The first kappa shape index (κ1) is 48.2. The van der Waals surface area contributed by atoms with Crippen molar-refractivity contribution < 1.29 is 14.2 Å². The summed E-state index contributed by atoms with van der Waals surface area (Å²) in [5.41, 5.74) is 33.2. The molecule has 0 aliphatic carbocycles. The van der Waals surface area contributed by atoms with E-state index in [4.69, 9.17) is 14.2 Å². The molecule has 4 aliphatic heterocycles. The summed E-state index contributed by atoms with van der Waals surface area (Å²) in [7, 11) is 5.40. The van der Waals surface area contributed by atoms with Crippen LogP contribution in [0.1, 0.15) is 5.56 Å². The van der Waals surface area contributed by atoms with Crippen LogP contribution in [0.5, 0.6) is 17.2 Å². The Hall–Kier alpha value is -10.4. The van der Waals surface area contributed by atoms with Crippen LogP contribution in [0, 0.1) is 6.92 Å². The van der Waals surface area contributed by atoms with E-state index in [1.54, 1.807) is 14.2 Å². The van der Waals surface area contributed by atoms with E-state index in [2.05, 4.69) is 250 Å². The fraction of sp³-hybridized carbons (Fsp3) is 0.0500. The van der Waals surface area contributed by atoms with Gasteiger partial charge in [0, 0.05) is 0 Å². The van der Waals surface area contributed by atoms with Crippen LogP contribution in [0.25, 0.3) is 144 Å². The molecule has 14 aromatic rings. The lowest BCUT2D eigenvalue weighted by molar-refractivity contribution is 0.414. The summed E-state index contributed by atoms with van der Waals surface area (Å²) in [5.74, 6) is 2.52. The molecule has 0 N–H and O–H groups in total. The molecule has 0 unspecified atom stereocenters. The van der Waals surface area contributed by atoms with E-state index in [-0.39, 0.29) is 13.4 Å². The lowest BCUT2D eigenvalue weighted by Crippen LogP contribution is -2.53. The number of aryl methyl sites for hydroxylation is 1. The second kappa shape index (κ2) is 18.1. The molecule has 3 nitrogen and oxygen atoms in total. The first-order valence-corrected chi connectivity index (χ1v) is 29.5. The minimum absolute atomic E-state index is 0.0324. The zero-order valence-electron chi connectivity index (χ0n) is 47.5. The molecule has 5 heteroatoms. The smallest absolute Gasteiger partial charge is 0.244 e. The van der Waals surface area contributed by atoms with E-state index < -0.39 is 0 Å². The van der Waals surface area contributed by atoms with Crippen LogP contribution >= 0.6 is 0 Å². The standard InChI is InChI=1S/C80H52B2O3/c1-45-31-33-69-57(35-45)65-37-51(84-3)39-67-61-41-59(73-53(46-19-9-5-10-20-46)27-17-28-54(73)47-21-11-6-12-22-47)64-44-72-76-62(68-40-52(85-4)38-66-58-36-50(83-2)32-34-70(58)82(72)80(66)68)42-60(63-43-71(81(69)79(65)67)75(61)77(64)78(63)76)74-55(48-23-13-7-14-24-48)29-18-30-56(74)49-25-15-8-16-26-49/h5-44H,1-4H3. The lowest BCUT2D eigenvalue weighted by Gasteiger charge is -2.33. The summed E-state index contributed by atoms with van der Waals surface area (Å²) in [5, 5.41) is 7.66. The molecule has 0 aromatic heterocycles. The fourth-order valence-electron chi connectivity index (χ4n) is 15.9. The van der Waals surface area contributed by atoms with Gasteiger partial charge in [0.15, 0.2) is 0 Å². The Morgan fingerprint density at radius 1 is 0.247 bits per heavy atom. The van der Waals surface area contributed by atoms with Crippen molar-refractivity contribution in [1.82, 2.24) is 0 Å². The Morgan fingerprint density at radius 3 is 0.988 bits per heavy atom. The lowest BCUT2D eigenvalue weighted by atomic mass is 9.34. The van der Waals surface area contributed by atoms with E-state index in [1.165, 1.54) is 182 Å². The summed E-state index contributed by atoms with van der Waals surface area (Å²) in [6.45, 7) is 2.11. The average Bonchev–Trinajstić information content (AvgIpc) is 1.79. The van der Waals surface area contributed by atoms with Gasteiger partial charge in [0.05, 0.1) is 21.3 Å². The van der Waals surface area contributed by atoms with Crippen molar-refractivity contribution in [1.29, 1.82) is 0 Å². The molecule has 0 saturated heterocycles. The number of methoxy groups -OCH3 is 3. The predicted molar refractivity (Wildman–Crippen MR) is 358 cm³/mol. The van der Waals surface area contributed by atoms with Gasteiger partial charge in [-0.05, 0) is 199 Å². The molecule has 0 radical (unpaired) electrons. The largest absolute Gasteiger partial charge is 0.497 e. The number of benzene rings is 14. The van der Waals surface area contributed by atoms with Crippen molar-refractivity contribution in [2.24, 2.45) is 0 Å². The Morgan fingerprint density at radius 2 is 0.600 bits per heavy atom. The number of fused-ring (bicyclic) bond motifs is 10. The Kier molecular flexibility index (Phi) is 10.3. The first-order valence-electron chi connectivity index (χ1n) is 29.5. The Bertz CT molecular complexity index is 4950. The SMILES string of the molecule is COc1ccc2c(c1)-c1cc(OC)cc3c1B2c1cc2c(-c4c(-c5ccccc5)cccc4-c4ccccc4)cc4c5c(cc6c(-c7c(-c8ccccc8)cccc7-c7ccccc7)cc-3c1c6c25)B1c2ccc(C)cc2-c2cc(OC)cc-4c21. The van der Waals surface area contributed by atoms with Crippen LogP contribution in [0.15, 0.2) is 243 Å². The highest BCUT2D eigenvalue weighted by atomic mass is 16.5. The van der Waals surface area contributed by atoms with E-state index in [1.807, 2.05) is 7.11 Å². The van der Waals surface area contributed by atoms with Gasteiger partial charge >= 0.3 is 0 Å².